The second-order valence-electron chi connectivity index (χ2n) is 4.54. The van der Waals surface area contributed by atoms with Crippen LogP contribution in [0.25, 0.3) is 22.6 Å². The smallest absolute Gasteiger partial charge is 0.227 e. The normalized spacial score (nSPS) is 11.0. The zero-order chi connectivity index (χ0) is 12.5. The first-order valence-corrected chi connectivity index (χ1v) is 6.23. The van der Waals surface area contributed by atoms with Crippen molar-refractivity contribution in [1.82, 2.24) is 4.98 Å². The van der Waals surface area contributed by atoms with Crippen LogP contribution in [-0.2, 0) is 6.42 Å². The van der Waals surface area contributed by atoms with Crippen LogP contribution in [0.4, 0.5) is 0 Å². The lowest BCUT2D eigenvalue weighted by Crippen LogP contribution is -1.79. The van der Waals surface area contributed by atoms with E-state index in [2.05, 4.69) is 43.1 Å². The van der Waals surface area contributed by atoms with Gasteiger partial charge in [-0.25, -0.2) is 4.98 Å². The van der Waals surface area contributed by atoms with E-state index in [1.807, 2.05) is 18.2 Å². The Balaban J connectivity index is 2.10. The molecule has 0 N–H and O–H groups in total. The molecule has 0 saturated heterocycles. The maximum absolute atomic E-state index is 5.78. The van der Waals surface area contributed by atoms with E-state index < -0.39 is 0 Å². The highest BCUT2D eigenvalue weighted by atomic mass is 16.3. The Labute approximate surface area is 106 Å². The van der Waals surface area contributed by atoms with Crippen LogP contribution in [0.3, 0.4) is 0 Å². The molecule has 0 radical (unpaired) electrons. The van der Waals surface area contributed by atoms with Gasteiger partial charge in [-0.3, -0.25) is 0 Å². The summed E-state index contributed by atoms with van der Waals surface area (Å²) in [5, 5.41) is 0. The van der Waals surface area contributed by atoms with Gasteiger partial charge in [0.1, 0.15) is 5.52 Å². The van der Waals surface area contributed by atoms with Crippen LogP contribution in [-0.4, -0.2) is 4.98 Å². The fourth-order valence-corrected chi connectivity index (χ4v) is 2.01. The van der Waals surface area contributed by atoms with E-state index in [0.717, 1.165) is 23.1 Å². The molecule has 0 unspecified atom stereocenters. The zero-order valence-electron chi connectivity index (χ0n) is 10.6. The highest BCUT2D eigenvalue weighted by Gasteiger charge is 2.08. The van der Waals surface area contributed by atoms with Gasteiger partial charge in [0.15, 0.2) is 5.58 Å². The number of hydrogen-bond acceptors (Lipinski definition) is 2. The number of aromatic nitrogens is 1. The number of fused-ring (bicyclic) bond motifs is 1. The monoisotopic (exact) mass is 237 g/mol. The van der Waals surface area contributed by atoms with Crippen molar-refractivity contribution < 1.29 is 4.42 Å². The summed E-state index contributed by atoms with van der Waals surface area (Å²) in [5.74, 6) is 0.693. The fourth-order valence-electron chi connectivity index (χ4n) is 2.01. The molecule has 0 fully saturated rings. The Bertz CT molecular complexity index is 680. The molecule has 0 aliphatic carbocycles. The Hall–Kier alpha value is -2.09. The van der Waals surface area contributed by atoms with Crippen molar-refractivity contribution in [1.29, 1.82) is 0 Å². The minimum Gasteiger partial charge on any atom is -0.436 e. The summed E-state index contributed by atoms with van der Waals surface area (Å²) in [6.45, 7) is 4.21. The Morgan fingerprint density at radius 2 is 1.83 bits per heavy atom. The molecule has 0 atom stereocenters. The molecule has 3 aromatic rings. The minimum absolute atomic E-state index is 0.693. The van der Waals surface area contributed by atoms with Crippen LogP contribution >= 0.6 is 0 Å². The van der Waals surface area contributed by atoms with E-state index in [0.29, 0.717) is 5.89 Å². The summed E-state index contributed by atoms with van der Waals surface area (Å²) in [6, 6.07) is 14.4. The standard InChI is InChI=1S/C16H15NO/c1-3-12-6-9-15-14(10-12)17-16(18-15)13-7-4-11(2)5-8-13/h4-10H,3H2,1-2H3. The molecular formula is C16H15NO. The van der Waals surface area contributed by atoms with Crippen LogP contribution < -0.4 is 0 Å². The van der Waals surface area contributed by atoms with Gasteiger partial charge in [-0.05, 0) is 43.2 Å². The summed E-state index contributed by atoms with van der Waals surface area (Å²) in [4.78, 5) is 4.55. The first kappa shape index (κ1) is 11.0. The summed E-state index contributed by atoms with van der Waals surface area (Å²) in [7, 11) is 0. The zero-order valence-corrected chi connectivity index (χ0v) is 10.6. The van der Waals surface area contributed by atoms with Gasteiger partial charge in [-0.1, -0.05) is 30.7 Å². The molecule has 0 amide bonds. The predicted molar refractivity (Wildman–Crippen MR) is 73.6 cm³/mol. The third-order valence-electron chi connectivity index (χ3n) is 3.16. The van der Waals surface area contributed by atoms with Crippen molar-refractivity contribution in [2.75, 3.05) is 0 Å². The molecule has 1 aromatic heterocycles. The number of benzene rings is 2. The van der Waals surface area contributed by atoms with Crippen LogP contribution in [0.2, 0.25) is 0 Å². The van der Waals surface area contributed by atoms with Crippen LogP contribution in [0.1, 0.15) is 18.1 Å². The van der Waals surface area contributed by atoms with E-state index >= 15 is 0 Å². The van der Waals surface area contributed by atoms with Gasteiger partial charge in [-0.15, -0.1) is 0 Å². The van der Waals surface area contributed by atoms with Gasteiger partial charge >= 0.3 is 0 Å². The molecule has 1 heterocycles. The lowest BCUT2D eigenvalue weighted by molar-refractivity contribution is 0.620. The van der Waals surface area contributed by atoms with E-state index in [-0.39, 0.29) is 0 Å². The molecule has 0 aliphatic heterocycles. The maximum atomic E-state index is 5.78. The molecule has 0 bridgehead atoms. The lowest BCUT2D eigenvalue weighted by atomic mass is 10.1. The summed E-state index contributed by atoms with van der Waals surface area (Å²) in [5.41, 5.74) is 5.33. The Morgan fingerprint density at radius 3 is 2.56 bits per heavy atom. The second-order valence-corrected chi connectivity index (χ2v) is 4.54. The Morgan fingerprint density at radius 1 is 1.06 bits per heavy atom. The maximum Gasteiger partial charge on any atom is 0.227 e. The van der Waals surface area contributed by atoms with E-state index in [9.17, 15) is 0 Å². The van der Waals surface area contributed by atoms with Crippen LogP contribution in [0, 0.1) is 6.92 Å². The quantitative estimate of drug-likeness (QED) is 0.661. The average Bonchev–Trinajstić information content (AvgIpc) is 2.82. The molecule has 0 aliphatic rings. The SMILES string of the molecule is CCc1ccc2oc(-c3ccc(C)cc3)nc2c1. The first-order chi connectivity index (χ1) is 8.76. The van der Waals surface area contributed by atoms with E-state index in [1.165, 1.54) is 11.1 Å². The van der Waals surface area contributed by atoms with Crippen molar-refractivity contribution in [3.63, 3.8) is 0 Å². The highest BCUT2D eigenvalue weighted by molar-refractivity contribution is 5.76. The van der Waals surface area contributed by atoms with Gasteiger partial charge in [-0.2, -0.15) is 0 Å². The highest BCUT2D eigenvalue weighted by Crippen LogP contribution is 2.25. The van der Waals surface area contributed by atoms with Gasteiger partial charge in [0.05, 0.1) is 0 Å². The molecule has 0 saturated carbocycles. The second kappa shape index (κ2) is 4.30. The predicted octanol–water partition coefficient (Wildman–Crippen LogP) is 4.37. The number of aryl methyl sites for hydroxylation is 2. The van der Waals surface area contributed by atoms with Gasteiger partial charge in [0.2, 0.25) is 5.89 Å². The minimum atomic E-state index is 0.693. The van der Waals surface area contributed by atoms with Gasteiger partial charge < -0.3 is 4.42 Å². The average molecular weight is 237 g/mol. The lowest BCUT2D eigenvalue weighted by Gasteiger charge is -1.95. The van der Waals surface area contributed by atoms with Crippen molar-refractivity contribution in [3.8, 4) is 11.5 Å². The number of oxazole rings is 1. The number of nitrogens with zero attached hydrogens (tertiary/aromatic N) is 1. The van der Waals surface area contributed by atoms with Crippen LogP contribution in [0.15, 0.2) is 46.9 Å². The van der Waals surface area contributed by atoms with E-state index in [1.54, 1.807) is 0 Å². The molecule has 3 rings (SSSR count). The molecule has 2 aromatic carbocycles. The van der Waals surface area contributed by atoms with E-state index in [4.69, 9.17) is 4.42 Å². The number of rotatable bonds is 2. The van der Waals surface area contributed by atoms with Gasteiger partial charge in [0, 0.05) is 5.56 Å². The van der Waals surface area contributed by atoms with Crippen molar-refractivity contribution in [3.05, 3.63) is 53.6 Å². The summed E-state index contributed by atoms with van der Waals surface area (Å²) >= 11 is 0. The van der Waals surface area contributed by atoms with Crippen molar-refractivity contribution in [2.45, 2.75) is 20.3 Å². The summed E-state index contributed by atoms with van der Waals surface area (Å²) in [6.07, 6.45) is 1.02. The third-order valence-corrected chi connectivity index (χ3v) is 3.16. The molecular weight excluding hydrogens is 222 g/mol. The third kappa shape index (κ3) is 1.90. The topological polar surface area (TPSA) is 26.0 Å². The molecule has 90 valence electrons. The first-order valence-electron chi connectivity index (χ1n) is 6.23. The molecule has 2 heteroatoms. The molecule has 18 heavy (non-hydrogen) atoms. The number of hydrogen-bond donors (Lipinski definition) is 0. The Kier molecular flexibility index (Phi) is 2.63. The van der Waals surface area contributed by atoms with Gasteiger partial charge in [0.25, 0.3) is 0 Å². The fraction of sp³-hybridized carbons (Fsp3) is 0.188. The summed E-state index contributed by atoms with van der Waals surface area (Å²) < 4.78 is 5.78. The molecule has 0 spiro atoms. The largest absolute Gasteiger partial charge is 0.436 e. The van der Waals surface area contributed by atoms with Crippen molar-refractivity contribution in [2.24, 2.45) is 0 Å². The van der Waals surface area contributed by atoms with Crippen LogP contribution in [0.5, 0.6) is 0 Å². The molecule has 2 nitrogen and oxygen atoms in total. The van der Waals surface area contributed by atoms with Crippen molar-refractivity contribution >= 4 is 11.1 Å².